The number of likely N-dealkylation sites (tertiary alicyclic amines) is 1. The molecular formula is C24H31N3O5. The van der Waals surface area contributed by atoms with Crippen LogP contribution in [0.2, 0.25) is 0 Å². The summed E-state index contributed by atoms with van der Waals surface area (Å²) >= 11 is 0. The van der Waals surface area contributed by atoms with Crippen LogP contribution in [-0.4, -0.2) is 80.2 Å². The van der Waals surface area contributed by atoms with Crippen molar-refractivity contribution in [3.8, 4) is 11.5 Å². The molecule has 1 aromatic carbocycles. The molecule has 3 rings (SSSR count). The molecule has 2 heterocycles. The Balaban J connectivity index is 1.53. The van der Waals surface area contributed by atoms with E-state index in [2.05, 4.69) is 20.7 Å². The van der Waals surface area contributed by atoms with Crippen molar-refractivity contribution < 1.29 is 23.8 Å². The van der Waals surface area contributed by atoms with Crippen LogP contribution in [0.3, 0.4) is 0 Å². The number of piperidine rings is 1. The standard InChI is InChI=1S/C24H31N3O5/c1-26(20-10-14-27(15-11-20)13-9-19-6-4-5-12-25-19)24(29)18-7-8-21(22(16-18)30-2)32-17-23(28)31-3/h4-8,12,16,20H,9-11,13-15,17H2,1-3H3. The number of rotatable bonds is 9. The number of amides is 1. The molecule has 2 aromatic rings. The van der Waals surface area contributed by atoms with Gasteiger partial charge in [0.25, 0.3) is 5.91 Å². The van der Waals surface area contributed by atoms with Crippen LogP contribution in [0.25, 0.3) is 0 Å². The summed E-state index contributed by atoms with van der Waals surface area (Å²) in [7, 11) is 4.65. The maximum absolute atomic E-state index is 13.1. The Morgan fingerprint density at radius 1 is 1.12 bits per heavy atom. The van der Waals surface area contributed by atoms with Gasteiger partial charge in [-0.25, -0.2) is 4.79 Å². The van der Waals surface area contributed by atoms with Crippen LogP contribution in [0.4, 0.5) is 0 Å². The van der Waals surface area contributed by atoms with E-state index in [4.69, 9.17) is 9.47 Å². The Labute approximate surface area is 189 Å². The first kappa shape index (κ1) is 23.5. The minimum absolute atomic E-state index is 0.0604. The fraction of sp³-hybridized carbons (Fsp3) is 0.458. The van der Waals surface area contributed by atoms with E-state index in [0.717, 1.165) is 44.6 Å². The molecular weight excluding hydrogens is 410 g/mol. The van der Waals surface area contributed by atoms with E-state index in [9.17, 15) is 9.59 Å². The highest BCUT2D eigenvalue weighted by Crippen LogP contribution is 2.29. The van der Waals surface area contributed by atoms with Gasteiger partial charge in [0.15, 0.2) is 18.1 Å². The van der Waals surface area contributed by atoms with E-state index >= 15 is 0 Å². The summed E-state index contributed by atoms with van der Waals surface area (Å²) in [6, 6.07) is 11.2. The first-order valence-electron chi connectivity index (χ1n) is 10.8. The monoisotopic (exact) mass is 441 g/mol. The summed E-state index contributed by atoms with van der Waals surface area (Å²) in [6.07, 6.45) is 4.63. The molecule has 0 spiro atoms. The molecule has 0 atom stereocenters. The zero-order chi connectivity index (χ0) is 22.9. The van der Waals surface area contributed by atoms with E-state index in [1.807, 2.05) is 30.3 Å². The van der Waals surface area contributed by atoms with Gasteiger partial charge in [-0.15, -0.1) is 0 Å². The van der Waals surface area contributed by atoms with E-state index in [-0.39, 0.29) is 18.6 Å². The zero-order valence-electron chi connectivity index (χ0n) is 19.0. The van der Waals surface area contributed by atoms with Crippen LogP contribution in [0.5, 0.6) is 11.5 Å². The molecule has 32 heavy (non-hydrogen) atoms. The number of carbonyl (C=O) groups is 2. The predicted molar refractivity (Wildman–Crippen MR) is 120 cm³/mol. The molecule has 0 saturated carbocycles. The molecule has 172 valence electrons. The molecule has 1 saturated heterocycles. The van der Waals surface area contributed by atoms with Gasteiger partial charge in [0.1, 0.15) is 0 Å². The van der Waals surface area contributed by atoms with E-state index in [1.54, 1.807) is 18.2 Å². The predicted octanol–water partition coefficient (Wildman–Crippen LogP) is 2.42. The van der Waals surface area contributed by atoms with Crippen molar-refractivity contribution in [3.63, 3.8) is 0 Å². The molecule has 1 aliphatic rings. The molecule has 8 nitrogen and oxygen atoms in total. The van der Waals surface area contributed by atoms with Gasteiger partial charge in [-0.2, -0.15) is 0 Å². The van der Waals surface area contributed by atoms with E-state index in [1.165, 1.54) is 14.2 Å². The van der Waals surface area contributed by atoms with Crippen molar-refractivity contribution in [2.75, 3.05) is 47.5 Å². The molecule has 8 heteroatoms. The van der Waals surface area contributed by atoms with Gasteiger partial charge in [0, 0.05) is 56.6 Å². The topological polar surface area (TPSA) is 81.2 Å². The molecule has 0 aliphatic carbocycles. The average molecular weight is 442 g/mol. The van der Waals surface area contributed by atoms with Gasteiger partial charge in [-0.3, -0.25) is 9.78 Å². The highest BCUT2D eigenvalue weighted by Gasteiger charge is 2.26. The van der Waals surface area contributed by atoms with Crippen molar-refractivity contribution in [1.82, 2.24) is 14.8 Å². The fourth-order valence-electron chi connectivity index (χ4n) is 3.83. The summed E-state index contributed by atoms with van der Waals surface area (Å²) in [5.41, 5.74) is 1.63. The van der Waals surface area contributed by atoms with Gasteiger partial charge in [-0.05, 0) is 43.2 Å². The fourth-order valence-corrected chi connectivity index (χ4v) is 3.83. The number of hydrogen-bond donors (Lipinski definition) is 0. The van der Waals surface area contributed by atoms with Crippen LogP contribution >= 0.6 is 0 Å². The molecule has 0 radical (unpaired) electrons. The van der Waals surface area contributed by atoms with Crippen molar-refractivity contribution >= 4 is 11.9 Å². The van der Waals surface area contributed by atoms with Crippen molar-refractivity contribution in [1.29, 1.82) is 0 Å². The Kier molecular flexibility index (Phi) is 8.44. The highest BCUT2D eigenvalue weighted by molar-refractivity contribution is 5.95. The third-order valence-corrected chi connectivity index (χ3v) is 5.82. The van der Waals surface area contributed by atoms with Crippen LogP contribution in [0.15, 0.2) is 42.6 Å². The number of carbonyl (C=O) groups excluding carboxylic acids is 2. The molecule has 1 amide bonds. The van der Waals surface area contributed by atoms with Gasteiger partial charge in [0.05, 0.1) is 14.2 Å². The lowest BCUT2D eigenvalue weighted by molar-refractivity contribution is -0.142. The first-order chi connectivity index (χ1) is 15.5. The molecule has 0 unspecified atom stereocenters. The summed E-state index contributed by atoms with van der Waals surface area (Å²) in [5.74, 6) is 0.240. The minimum atomic E-state index is -0.488. The van der Waals surface area contributed by atoms with Crippen molar-refractivity contribution in [2.45, 2.75) is 25.3 Å². The maximum Gasteiger partial charge on any atom is 0.343 e. The van der Waals surface area contributed by atoms with Crippen LogP contribution < -0.4 is 9.47 Å². The molecule has 1 fully saturated rings. The second-order valence-corrected chi connectivity index (χ2v) is 7.79. The zero-order valence-corrected chi connectivity index (χ0v) is 19.0. The Morgan fingerprint density at radius 3 is 2.56 bits per heavy atom. The van der Waals surface area contributed by atoms with Gasteiger partial charge in [0.2, 0.25) is 0 Å². The third-order valence-electron chi connectivity index (χ3n) is 5.82. The molecule has 1 aromatic heterocycles. The lowest BCUT2D eigenvalue weighted by Crippen LogP contribution is -2.46. The first-order valence-corrected chi connectivity index (χ1v) is 10.8. The smallest absolute Gasteiger partial charge is 0.343 e. The Morgan fingerprint density at radius 2 is 1.91 bits per heavy atom. The SMILES string of the molecule is COC(=O)COc1ccc(C(=O)N(C)C2CCN(CCc3ccccn3)CC2)cc1OC. The number of esters is 1. The lowest BCUT2D eigenvalue weighted by Gasteiger charge is -2.36. The number of nitrogens with zero attached hydrogens (tertiary/aromatic N) is 3. The number of benzene rings is 1. The minimum Gasteiger partial charge on any atom is -0.493 e. The second kappa shape index (κ2) is 11.5. The van der Waals surface area contributed by atoms with Gasteiger partial charge in [-0.1, -0.05) is 6.07 Å². The van der Waals surface area contributed by atoms with Crippen LogP contribution in [-0.2, 0) is 16.0 Å². The number of methoxy groups -OCH3 is 2. The highest BCUT2D eigenvalue weighted by atomic mass is 16.6. The number of aromatic nitrogens is 1. The molecule has 1 aliphatic heterocycles. The largest absolute Gasteiger partial charge is 0.493 e. The number of pyridine rings is 1. The summed E-state index contributed by atoms with van der Waals surface area (Å²) in [5, 5.41) is 0. The Bertz CT molecular complexity index is 898. The number of ether oxygens (including phenoxy) is 3. The lowest BCUT2D eigenvalue weighted by atomic mass is 10.0. The van der Waals surface area contributed by atoms with Crippen molar-refractivity contribution in [3.05, 3.63) is 53.9 Å². The molecule has 0 bridgehead atoms. The van der Waals surface area contributed by atoms with Crippen molar-refractivity contribution in [2.24, 2.45) is 0 Å². The van der Waals surface area contributed by atoms with Gasteiger partial charge < -0.3 is 24.0 Å². The van der Waals surface area contributed by atoms with E-state index < -0.39 is 5.97 Å². The second-order valence-electron chi connectivity index (χ2n) is 7.79. The quantitative estimate of drug-likeness (QED) is 0.553. The summed E-state index contributed by atoms with van der Waals surface area (Å²) in [6.45, 7) is 2.67. The van der Waals surface area contributed by atoms with Crippen LogP contribution in [0, 0.1) is 0 Å². The summed E-state index contributed by atoms with van der Waals surface area (Å²) < 4.78 is 15.3. The Hall–Kier alpha value is -3.13. The van der Waals surface area contributed by atoms with Gasteiger partial charge >= 0.3 is 5.97 Å². The third kappa shape index (κ3) is 6.20. The normalized spacial score (nSPS) is 14.6. The summed E-state index contributed by atoms with van der Waals surface area (Å²) in [4.78, 5) is 33.0. The van der Waals surface area contributed by atoms with Crippen LogP contribution in [0.1, 0.15) is 28.9 Å². The molecule has 0 N–H and O–H groups in total. The maximum atomic E-state index is 13.1. The number of hydrogen-bond acceptors (Lipinski definition) is 7. The average Bonchev–Trinajstić information content (AvgIpc) is 2.85. The van der Waals surface area contributed by atoms with E-state index in [0.29, 0.717) is 17.1 Å².